The fourth-order valence-corrected chi connectivity index (χ4v) is 14.3. The number of para-hydroxylation sites is 1. The van der Waals surface area contributed by atoms with Gasteiger partial charge in [0, 0.05) is 59.4 Å². The summed E-state index contributed by atoms with van der Waals surface area (Å²) in [4.78, 5) is 4.92. The van der Waals surface area contributed by atoms with Gasteiger partial charge in [0.1, 0.15) is 0 Å². The first-order valence-corrected chi connectivity index (χ1v) is 28.0. The van der Waals surface area contributed by atoms with Crippen LogP contribution in [0, 0.1) is 13.8 Å². The molecule has 0 fully saturated rings. The molecular formula is C75H54N2S. The zero-order chi connectivity index (χ0) is 52.2. The van der Waals surface area contributed by atoms with Crippen LogP contribution in [-0.4, -0.2) is 0 Å². The molecular weight excluding hydrogens is 961 g/mol. The zero-order valence-electron chi connectivity index (χ0n) is 44.1. The van der Waals surface area contributed by atoms with E-state index >= 15 is 0 Å². The normalized spacial score (nSPS) is 12.7. The van der Waals surface area contributed by atoms with Crippen LogP contribution in [0.15, 0.2) is 255 Å². The summed E-state index contributed by atoms with van der Waals surface area (Å²) in [6.07, 6.45) is 0. The maximum atomic E-state index is 2.49. The minimum Gasteiger partial charge on any atom is -0.310 e. The smallest absolute Gasteiger partial charge is 0.0540 e. The van der Waals surface area contributed by atoms with E-state index in [4.69, 9.17) is 0 Å². The molecule has 1 aliphatic rings. The van der Waals surface area contributed by atoms with E-state index in [1.807, 2.05) is 11.3 Å². The Morgan fingerprint density at radius 1 is 0.308 bits per heavy atom. The van der Waals surface area contributed by atoms with Crippen LogP contribution < -0.4 is 9.80 Å². The minimum atomic E-state index is -0.298. The Hall–Kier alpha value is -9.28. The molecule has 0 amide bonds. The van der Waals surface area contributed by atoms with Gasteiger partial charge in [0.05, 0.1) is 5.69 Å². The molecule has 1 aromatic heterocycles. The van der Waals surface area contributed by atoms with Gasteiger partial charge in [-0.15, -0.1) is 11.3 Å². The number of anilines is 6. The molecule has 0 unspecified atom stereocenters. The fourth-order valence-electron chi connectivity index (χ4n) is 13.1. The van der Waals surface area contributed by atoms with E-state index in [2.05, 4.69) is 292 Å². The van der Waals surface area contributed by atoms with Gasteiger partial charge < -0.3 is 9.80 Å². The molecule has 1 aliphatic carbocycles. The zero-order valence-corrected chi connectivity index (χ0v) is 44.9. The largest absolute Gasteiger partial charge is 0.310 e. The lowest BCUT2D eigenvalue weighted by Gasteiger charge is -2.30. The highest BCUT2D eigenvalue weighted by atomic mass is 32.1. The number of nitrogens with zero attached hydrogens (tertiary/aromatic N) is 2. The van der Waals surface area contributed by atoms with E-state index in [0.29, 0.717) is 0 Å². The van der Waals surface area contributed by atoms with Gasteiger partial charge in [-0.1, -0.05) is 196 Å². The van der Waals surface area contributed by atoms with Gasteiger partial charge in [-0.05, 0) is 180 Å². The highest BCUT2D eigenvalue weighted by molar-refractivity contribution is 7.26. The number of thiophene rings is 1. The number of hydrogen-bond donors (Lipinski definition) is 0. The fraction of sp³-hybridized carbons (Fsp3) is 0.0667. The van der Waals surface area contributed by atoms with Crippen LogP contribution in [-0.2, 0) is 5.41 Å². The quantitative estimate of drug-likeness (QED) is 0.140. The van der Waals surface area contributed by atoms with Gasteiger partial charge in [0.2, 0.25) is 0 Å². The van der Waals surface area contributed by atoms with Crippen molar-refractivity contribution in [3.8, 4) is 33.4 Å². The molecule has 2 nitrogen and oxygen atoms in total. The second-order valence-corrected chi connectivity index (χ2v) is 22.8. The standard InChI is InChI=1S/C75H54N2S/c1-47-42-50(59-28-17-29-68-67-27-14-15-31-73(67)78-74(59)68)32-37-56(47)57-38-33-52(43-48(57)2)76(53-34-39-64-62-25-11-10-23-60(62)61-24-12-13-26-63(61)69(64)44-53)54-35-40-65-66-41-36-55(46-71(66)75(3,4)70(65)45-54)77(51-20-6-5-7-21-51)72-30-16-19-49-18-8-9-22-58(49)72/h5-46H,1-4H3. The molecule has 0 bridgehead atoms. The first-order valence-electron chi connectivity index (χ1n) is 27.1. The highest BCUT2D eigenvalue weighted by Crippen LogP contribution is 2.53. The lowest BCUT2D eigenvalue weighted by Crippen LogP contribution is -2.18. The predicted octanol–water partition coefficient (Wildman–Crippen LogP) is 21.9. The van der Waals surface area contributed by atoms with Gasteiger partial charge >= 0.3 is 0 Å². The Kier molecular flexibility index (Phi) is 10.6. The van der Waals surface area contributed by atoms with Gasteiger partial charge in [-0.2, -0.15) is 0 Å². The first kappa shape index (κ1) is 46.1. The molecule has 78 heavy (non-hydrogen) atoms. The third kappa shape index (κ3) is 7.22. The Balaban J connectivity index is 0.858. The second kappa shape index (κ2) is 17.9. The van der Waals surface area contributed by atoms with Crippen molar-refractivity contribution in [1.82, 2.24) is 0 Å². The van der Waals surface area contributed by atoms with Gasteiger partial charge in [-0.3, -0.25) is 0 Å². The highest BCUT2D eigenvalue weighted by Gasteiger charge is 2.37. The molecule has 3 heteroatoms. The topological polar surface area (TPSA) is 6.48 Å². The van der Waals surface area contributed by atoms with Gasteiger partial charge in [0.15, 0.2) is 0 Å². The SMILES string of the molecule is Cc1cc(-c2cccc3c2sc2ccccc23)ccc1-c1ccc(N(c2ccc3c(c2)C(C)(C)c2cc(N(c4ccccc4)c4cccc5ccccc45)ccc2-3)c2ccc3c4ccccc4c4ccccc4c3c2)cc1C. The monoisotopic (exact) mass is 1010 g/mol. The molecule has 0 saturated heterocycles. The van der Waals surface area contributed by atoms with Crippen molar-refractivity contribution in [2.24, 2.45) is 0 Å². The number of fused-ring (bicyclic) bond motifs is 13. The average molecular weight is 1020 g/mol. The first-order chi connectivity index (χ1) is 38.3. The van der Waals surface area contributed by atoms with Gasteiger partial charge in [-0.25, -0.2) is 0 Å². The molecule has 15 rings (SSSR count). The van der Waals surface area contributed by atoms with Crippen LogP contribution in [0.3, 0.4) is 0 Å². The Morgan fingerprint density at radius 3 is 1.47 bits per heavy atom. The minimum absolute atomic E-state index is 0.298. The summed E-state index contributed by atoms with van der Waals surface area (Å²) in [6.45, 7) is 9.36. The van der Waals surface area contributed by atoms with Crippen LogP contribution >= 0.6 is 11.3 Å². The maximum Gasteiger partial charge on any atom is 0.0540 e. The molecule has 0 atom stereocenters. The number of benzene rings is 13. The molecule has 0 radical (unpaired) electrons. The predicted molar refractivity (Wildman–Crippen MR) is 337 cm³/mol. The molecule has 370 valence electrons. The van der Waals surface area contributed by atoms with Crippen molar-refractivity contribution in [3.63, 3.8) is 0 Å². The molecule has 0 spiro atoms. The number of rotatable bonds is 8. The lowest BCUT2D eigenvalue weighted by atomic mass is 9.82. The molecule has 1 heterocycles. The van der Waals surface area contributed by atoms with E-state index in [9.17, 15) is 0 Å². The number of hydrogen-bond acceptors (Lipinski definition) is 3. The van der Waals surface area contributed by atoms with E-state index in [-0.39, 0.29) is 5.41 Å². The molecule has 14 aromatic rings. The third-order valence-corrected chi connectivity index (χ3v) is 18.1. The molecule has 0 N–H and O–H groups in total. The van der Waals surface area contributed by atoms with Crippen molar-refractivity contribution in [2.45, 2.75) is 33.1 Å². The van der Waals surface area contributed by atoms with Crippen LogP contribution in [0.1, 0.15) is 36.1 Å². The summed E-state index contributed by atoms with van der Waals surface area (Å²) in [5, 5.41) is 12.7. The summed E-state index contributed by atoms with van der Waals surface area (Å²) >= 11 is 1.89. The summed E-state index contributed by atoms with van der Waals surface area (Å²) in [7, 11) is 0. The van der Waals surface area contributed by atoms with Crippen molar-refractivity contribution in [2.75, 3.05) is 9.80 Å². The molecule has 0 saturated carbocycles. The lowest BCUT2D eigenvalue weighted by molar-refractivity contribution is 0.660. The van der Waals surface area contributed by atoms with E-state index in [1.165, 1.54) is 119 Å². The summed E-state index contributed by atoms with van der Waals surface area (Å²) in [5.74, 6) is 0. The van der Waals surface area contributed by atoms with E-state index in [0.717, 1.165) is 34.1 Å². The summed E-state index contributed by atoms with van der Waals surface area (Å²) < 4.78 is 2.67. The Morgan fingerprint density at radius 2 is 0.795 bits per heavy atom. The van der Waals surface area contributed by atoms with E-state index < -0.39 is 0 Å². The van der Waals surface area contributed by atoms with Crippen molar-refractivity contribution in [3.05, 3.63) is 277 Å². The van der Waals surface area contributed by atoms with Gasteiger partial charge in [0.25, 0.3) is 0 Å². The van der Waals surface area contributed by atoms with Crippen molar-refractivity contribution >= 4 is 109 Å². The van der Waals surface area contributed by atoms with Crippen molar-refractivity contribution < 1.29 is 0 Å². The average Bonchev–Trinajstić information content (AvgIpc) is 4.07. The van der Waals surface area contributed by atoms with Crippen LogP contribution in [0.4, 0.5) is 34.1 Å². The third-order valence-electron chi connectivity index (χ3n) is 16.9. The van der Waals surface area contributed by atoms with Crippen LogP contribution in [0.25, 0.3) is 96.6 Å². The van der Waals surface area contributed by atoms with Crippen LogP contribution in [0.5, 0.6) is 0 Å². The van der Waals surface area contributed by atoms with E-state index in [1.54, 1.807) is 0 Å². The summed E-state index contributed by atoms with van der Waals surface area (Å²) in [6, 6.07) is 95.0. The van der Waals surface area contributed by atoms with Crippen LogP contribution in [0.2, 0.25) is 0 Å². The maximum absolute atomic E-state index is 2.49. The molecule has 13 aromatic carbocycles. The Labute approximate surface area is 459 Å². The van der Waals surface area contributed by atoms with Crippen molar-refractivity contribution in [1.29, 1.82) is 0 Å². The Bertz CT molecular complexity index is 4710. The second-order valence-electron chi connectivity index (χ2n) is 21.7. The summed E-state index contributed by atoms with van der Waals surface area (Å²) in [5.41, 5.74) is 19.3. The number of aryl methyl sites for hydroxylation is 2. The molecule has 0 aliphatic heterocycles.